The molecule has 0 fully saturated rings. The van der Waals surface area contributed by atoms with Crippen LogP contribution in [0.25, 0.3) is 0 Å². The van der Waals surface area contributed by atoms with Gasteiger partial charge in [-0.25, -0.2) is 0 Å². The van der Waals surface area contributed by atoms with Crippen molar-refractivity contribution in [2.45, 2.75) is 58.3 Å². The molecule has 0 aromatic heterocycles. The van der Waals surface area contributed by atoms with Gasteiger partial charge in [-0.2, -0.15) is 0 Å². The van der Waals surface area contributed by atoms with Crippen molar-refractivity contribution in [3.63, 3.8) is 0 Å². The quantitative estimate of drug-likeness (QED) is 0.215. The Morgan fingerprint density at radius 1 is 0.952 bits per heavy atom. The van der Waals surface area contributed by atoms with Crippen LogP contribution in [0.1, 0.15) is 58.3 Å². The minimum absolute atomic E-state index is 0.283. The molecular weight excluding hydrogens is 264 g/mol. The SMILES string of the molecule is CC/C=C\C/C=C\C=C/O/C=C/CCCCCCC(=O)O. The number of aliphatic carboxylic acids is 1. The molecule has 0 saturated heterocycles. The lowest BCUT2D eigenvalue weighted by Gasteiger charge is -1.96. The Kier molecular flexibility index (Phi) is 14.9. The van der Waals surface area contributed by atoms with Crippen LogP contribution in [0.3, 0.4) is 0 Å². The summed E-state index contributed by atoms with van der Waals surface area (Å²) in [6, 6.07) is 0. The predicted molar refractivity (Wildman–Crippen MR) is 87.9 cm³/mol. The Labute approximate surface area is 128 Å². The molecule has 0 atom stereocenters. The topological polar surface area (TPSA) is 46.5 Å². The summed E-state index contributed by atoms with van der Waals surface area (Å²) in [5.74, 6) is -0.703. The second-order valence-corrected chi connectivity index (χ2v) is 4.73. The van der Waals surface area contributed by atoms with E-state index in [2.05, 4.69) is 25.2 Å². The van der Waals surface area contributed by atoms with Gasteiger partial charge in [0, 0.05) is 6.42 Å². The third-order valence-electron chi connectivity index (χ3n) is 2.77. The van der Waals surface area contributed by atoms with E-state index in [0.717, 1.165) is 44.9 Å². The predicted octanol–water partition coefficient (Wildman–Crippen LogP) is 5.37. The van der Waals surface area contributed by atoms with Gasteiger partial charge in [0.05, 0.1) is 12.5 Å². The van der Waals surface area contributed by atoms with Crippen molar-refractivity contribution in [3.8, 4) is 0 Å². The van der Waals surface area contributed by atoms with Crippen molar-refractivity contribution in [2.24, 2.45) is 0 Å². The maximum Gasteiger partial charge on any atom is 0.303 e. The van der Waals surface area contributed by atoms with Crippen molar-refractivity contribution >= 4 is 5.97 Å². The van der Waals surface area contributed by atoms with Crippen molar-refractivity contribution in [1.29, 1.82) is 0 Å². The van der Waals surface area contributed by atoms with Crippen LogP contribution < -0.4 is 0 Å². The fourth-order valence-corrected chi connectivity index (χ4v) is 1.65. The Morgan fingerprint density at radius 3 is 2.52 bits per heavy atom. The van der Waals surface area contributed by atoms with E-state index in [1.54, 1.807) is 12.5 Å². The molecule has 0 aliphatic carbocycles. The average molecular weight is 292 g/mol. The lowest BCUT2D eigenvalue weighted by Crippen LogP contribution is -1.93. The summed E-state index contributed by atoms with van der Waals surface area (Å²) in [7, 11) is 0. The smallest absolute Gasteiger partial charge is 0.303 e. The Morgan fingerprint density at radius 2 is 1.76 bits per heavy atom. The molecule has 0 spiro atoms. The number of ether oxygens (including phenoxy) is 1. The van der Waals surface area contributed by atoms with E-state index < -0.39 is 5.97 Å². The first kappa shape index (κ1) is 19.2. The van der Waals surface area contributed by atoms with Crippen LogP contribution in [0.5, 0.6) is 0 Å². The number of carboxylic acid groups (broad SMARTS) is 1. The zero-order valence-electron chi connectivity index (χ0n) is 13.0. The molecular formula is C18H28O3. The highest BCUT2D eigenvalue weighted by molar-refractivity contribution is 5.66. The minimum Gasteiger partial charge on any atom is -0.481 e. The monoisotopic (exact) mass is 292 g/mol. The lowest BCUT2D eigenvalue weighted by atomic mass is 10.1. The van der Waals surface area contributed by atoms with Gasteiger partial charge in [-0.3, -0.25) is 4.79 Å². The third-order valence-corrected chi connectivity index (χ3v) is 2.77. The average Bonchev–Trinajstić information content (AvgIpc) is 2.46. The summed E-state index contributed by atoms with van der Waals surface area (Å²) in [6.45, 7) is 2.12. The molecule has 0 unspecified atom stereocenters. The first-order valence-corrected chi connectivity index (χ1v) is 7.76. The number of carbonyl (C=O) groups is 1. The lowest BCUT2D eigenvalue weighted by molar-refractivity contribution is -0.137. The maximum atomic E-state index is 10.3. The highest BCUT2D eigenvalue weighted by Crippen LogP contribution is 2.05. The third kappa shape index (κ3) is 18.2. The molecule has 3 heteroatoms. The van der Waals surface area contributed by atoms with Gasteiger partial charge in [-0.15, -0.1) is 0 Å². The molecule has 0 radical (unpaired) electrons. The zero-order chi connectivity index (χ0) is 15.6. The van der Waals surface area contributed by atoms with Crippen LogP contribution >= 0.6 is 0 Å². The molecule has 0 amide bonds. The number of hydrogen-bond donors (Lipinski definition) is 1. The Balaban J connectivity index is 3.35. The van der Waals surface area contributed by atoms with Crippen LogP contribution in [0.2, 0.25) is 0 Å². The molecule has 0 heterocycles. The molecule has 0 bridgehead atoms. The van der Waals surface area contributed by atoms with Crippen LogP contribution in [0.4, 0.5) is 0 Å². The summed E-state index contributed by atoms with van der Waals surface area (Å²) < 4.78 is 5.21. The van der Waals surface area contributed by atoms with Gasteiger partial charge < -0.3 is 9.84 Å². The summed E-state index contributed by atoms with van der Waals surface area (Å²) in [6.07, 6.45) is 22.7. The van der Waals surface area contributed by atoms with Crippen molar-refractivity contribution in [1.82, 2.24) is 0 Å². The molecule has 0 aromatic carbocycles. The molecule has 1 N–H and O–H groups in total. The Hall–Kier alpha value is -1.77. The fourth-order valence-electron chi connectivity index (χ4n) is 1.65. The van der Waals surface area contributed by atoms with Crippen LogP contribution in [-0.2, 0) is 9.53 Å². The van der Waals surface area contributed by atoms with Gasteiger partial charge in [0.1, 0.15) is 0 Å². The normalized spacial score (nSPS) is 12.2. The standard InChI is InChI=1S/C18H28O3/c1-2-3-4-5-7-10-13-16-21-17-14-11-8-6-9-12-15-18(19)20/h3-4,7,10,13-14,16-17H,2,5-6,8-9,11-12,15H2,1H3,(H,19,20)/b4-3-,10-7-,16-13-,17-14+. The van der Waals surface area contributed by atoms with Gasteiger partial charge in [-0.05, 0) is 44.3 Å². The molecule has 0 aliphatic rings. The molecule has 3 nitrogen and oxygen atoms in total. The van der Waals surface area contributed by atoms with E-state index in [1.165, 1.54) is 0 Å². The van der Waals surface area contributed by atoms with E-state index >= 15 is 0 Å². The van der Waals surface area contributed by atoms with E-state index in [-0.39, 0.29) is 6.42 Å². The van der Waals surface area contributed by atoms with Crippen LogP contribution in [0.15, 0.2) is 49.0 Å². The molecule has 0 aliphatic heterocycles. The second-order valence-electron chi connectivity index (χ2n) is 4.73. The van der Waals surface area contributed by atoms with Crippen LogP contribution in [-0.4, -0.2) is 11.1 Å². The zero-order valence-corrected chi connectivity index (χ0v) is 13.0. The van der Waals surface area contributed by atoms with E-state index in [1.807, 2.05) is 18.2 Å². The van der Waals surface area contributed by atoms with Gasteiger partial charge >= 0.3 is 5.97 Å². The maximum absolute atomic E-state index is 10.3. The van der Waals surface area contributed by atoms with Gasteiger partial charge in [0.25, 0.3) is 0 Å². The first-order chi connectivity index (χ1) is 10.3. The molecule has 0 rings (SSSR count). The second kappa shape index (κ2) is 16.3. The van der Waals surface area contributed by atoms with E-state index in [4.69, 9.17) is 9.84 Å². The number of carboxylic acids is 1. The number of allylic oxidation sites excluding steroid dienone is 6. The number of hydrogen-bond acceptors (Lipinski definition) is 2. The number of rotatable bonds is 13. The summed E-state index contributed by atoms with van der Waals surface area (Å²) in [5.41, 5.74) is 0. The minimum atomic E-state index is -0.703. The van der Waals surface area contributed by atoms with Crippen molar-refractivity contribution in [2.75, 3.05) is 0 Å². The van der Waals surface area contributed by atoms with Gasteiger partial charge in [0.2, 0.25) is 0 Å². The molecule has 21 heavy (non-hydrogen) atoms. The van der Waals surface area contributed by atoms with Gasteiger partial charge in [-0.1, -0.05) is 44.1 Å². The molecule has 118 valence electrons. The molecule has 0 aromatic rings. The summed E-state index contributed by atoms with van der Waals surface area (Å²) in [4.78, 5) is 10.3. The summed E-state index contributed by atoms with van der Waals surface area (Å²) >= 11 is 0. The largest absolute Gasteiger partial charge is 0.481 e. The highest BCUT2D eigenvalue weighted by Gasteiger charge is 1.95. The Bertz CT molecular complexity index is 351. The van der Waals surface area contributed by atoms with Crippen LogP contribution in [0, 0.1) is 0 Å². The fraction of sp³-hybridized carbons (Fsp3) is 0.500. The molecule has 0 saturated carbocycles. The highest BCUT2D eigenvalue weighted by atomic mass is 16.5. The number of unbranched alkanes of at least 4 members (excludes halogenated alkanes) is 4. The first-order valence-electron chi connectivity index (χ1n) is 7.76. The van der Waals surface area contributed by atoms with E-state index in [9.17, 15) is 4.79 Å². The van der Waals surface area contributed by atoms with Gasteiger partial charge in [0.15, 0.2) is 0 Å². The van der Waals surface area contributed by atoms with Crippen molar-refractivity contribution in [3.05, 3.63) is 49.0 Å². The van der Waals surface area contributed by atoms with Crippen molar-refractivity contribution < 1.29 is 14.6 Å². The van der Waals surface area contributed by atoms with E-state index in [0.29, 0.717) is 0 Å². The summed E-state index contributed by atoms with van der Waals surface area (Å²) in [5, 5.41) is 8.49.